The molecule has 0 spiro atoms. The van der Waals surface area contributed by atoms with Crippen molar-refractivity contribution in [1.29, 1.82) is 0 Å². The molecular formula is C24H25N3O4. The lowest BCUT2D eigenvalue weighted by molar-refractivity contribution is -0.129. The SMILES string of the molecule is CCNC(=O)NC(=O)[C@H](OC(=O)c1ccc(-n2c(C)ccc2C)cc1)c1ccccc1. The molecule has 1 aromatic heterocycles. The van der Waals surface area contributed by atoms with Crippen LogP contribution in [0.15, 0.2) is 66.7 Å². The molecule has 0 radical (unpaired) electrons. The van der Waals surface area contributed by atoms with E-state index in [0.29, 0.717) is 17.7 Å². The summed E-state index contributed by atoms with van der Waals surface area (Å²) in [6.45, 7) is 6.11. The van der Waals surface area contributed by atoms with Gasteiger partial charge in [0.1, 0.15) is 0 Å². The lowest BCUT2D eigenvalue weighted by Gasteiger charge is -2.18. The molecule has 7 nitrogen and oxygen atoms in total. The maximum atomic E-state index is 12.8. The van der Waals surface area contributed by atoms with Gasteiger partial charge in [-0.1, -0.05) is 30.3 Å². The van der Waals surface area contributed by atoms with Crippen molar-refractivity contribution >= 4 is 17.9 Å². The van der Waals surface area contributed by atoms with E-state index in [4.69, 9.17) is 4.74 Å². The molecule has 1 heterocycles. The molecule has 0 aliphatic carbocycles. The van der Waals surface area contributed by atoms with Crippen LogP contribution in [0.5, 0.6) is 0 Å². The Kier molecular flexibility index (Phi) is 6.87. The Bertz CT molecular complexity index is 1050. The van der Waals surface area contributed by atoms with E-state index in [2.05, 4.69) is 15.2 Å². The zero-order valence-corrected chi connectivity index (χ0v) is 17.7. The van der Waals surface area contributed by atoms with E-state index >= 15 is 0 Å². The van der Waals surface area contributed by atoms with Gasteiger partial charge in [0.05, 0.1) is 5.56 Å². The molecule has 7 heteroatoms. The predicted molar refractivity (Wildman–Crippen MR) is 117 cm³/mol. The first-order chi connectivity index (χ1) is 14.9. The molecule has 0 saturated heterocycles. The lowest BCUT2D eigenvalue weighted by atomic mass is 10.1. The van der Waals surface area contributed by atoms with Gasteiger partial charge in [-0.15, -0.1) is 0 Å². The van der Waals surface area contributed by atoms with Crippen LogP contribution in [0, 0.1) is 13.8 Å². The molecule has 0 unspecified atom stereocenters. The summed E-state index contributed by atoms with van der Waals surface area (Å²) in [4.78, 5) is 37.2. The summed E-state index contributed by atoms with van der Waals surface area (Å²) in [6.07, 6.45) is -1.26. The van der Waals surface area contributed by atoms with E-state index in [9.17, 15) is 14.4 Å². The van der Waals surface area contributed by atoms with E-state index in [1.54, 1.807) is 49.4 Å². The standard InChI is InChI=1S/C24H25N3O4/c1-4-25-24(30)26-22(28)21(18-8-6-5-7-9-18)31-23(29)19-12-14-20(15-13-19)27-16(2)10-11-17(27)3/h5-15,21H,4H2,1-3H3,(H2,25,26,28,30)/t21-/m1/s1. The minimum Gasteiger partial charge on any atom is -0.444 e. The van der Waals surface area contributed by atoms with Crippen molar-refractivity contribution in [2.45, 2.75) is 26.9 Å². The average molecular weight is 419 g/mol. The van der Waals surface area contributed by atoms with Crippen LogP contribution in [0.4, 0.5) is 4.79 Å². The Morgan fingerprint density at radius 1 is 0.903 bits per heavy atom. The van der Waals surface area contributed by atoms with E-state index in [1.807, 2.05) is 38.1 Å². The number of imide groups is 1. The number of aromatic nitrogens is 1. The molecule has 2 aromatic carbocycles. The summed E-state index contributed by atoms with van der Waals surface area (Å²) in [5.74, 6) is -1.38. The first kappa shape index (κ1) is 21.8. The van der Waals surface area contributed by atoms with Gasteiger partial charge in [0, 0.05) is 29.2 Å². The second-order valence-electron chi connectivity index (χ2n) is 7.04. The minimum atomic E-state index is -1.26. The number of benzene rings is 2. The molecule has 0 fully saturated rings. The van der Waals surface area contributed by atoms with E-state index in [0.717, 1.165) is 17.1 Å². The fraction of sp³-hybridized carbons (Fsp3) is 0.208. The smallest absolute Gasteiger partial charge is 0.339 e. The van der Waals surface area contributed by atoms with Gasteiger partial charge in [-0.05, 0) is 57.2 Å². The lowest BCUT2D eigenvalue weighted by Crippen LogP contribution is -2.42. The summed E-state index contributed by atoms with van der Waals surface area (Å²) in [5.41, 5.74) is 3.86. The Balaban J connectivity index is 1.80. The first-order valence-electron chi connectivity index (χ1n) is 10.0. The van der Waals surface area contributed by atoms with Crippen LogP contribution in [0.25, 0.3) is 5.69 Å². The number of rotatable bonds is 6. The fourth-order valence-electron chi connectivity index (χ4n) is 3.28. The molecule has 0 saturated carbocycles. The quantitative estimate of drug-likeness (QED) is 0.594. The second kappa shape index (κ2) is 9.75. The molecule has 3 aromatic rings. The van der Waals surface area contributed by atoms with Crippen LogP contribution >= 0.6 is 0 Å². The topological polar surface area (TPSA) is 89.4 Å². The van der Waals surface area contributed by atoms with Gasteiger partial charge < -0.3 is 14.6 Å². The molecule has 3 amide bonds. The zero-order chi connectivity index (χ0) is 22.4. The molecule has 1 atom stereocenters. The van der Waals surface area contributed by atoms with Gasteiger partial charge in [0.25, 0.3) is 5.91 Å². The van der Waals surface area contributed by atoms with Gasteiger partial charge in [-0.25, -0.2) is 9.59 Å². The van der Waals surface area contributed by atoms with Crippen LogP contribution in [0.1, 0.15) is 40.3 Å². The molecule has 0 aliphatic rings. The van der Waals surface area contributed by atoms with E-state index in [-0.39, 0.29) is 0 Å². The number of ether oxygens (including phenoxy) is 1. The molecule has 0 bridgehead atoms. The summed E-state index contributed by atoms with van der Waals surface area (Å²) < 4.78 is 7.57. The number of nitrogens with one attached hydrogen (secondary N) is 2. The van der Waals surface area contributed by atoms with Crippen LogP contribution in [0.2, 0.25) is 0 Å². The van der Waals surface area contributed by atoms with E-state index < -0.39 is 24.0 Å². The van der Waals surface area contributed by atoms with Crippen LogP contribution in [0.3, 0.4) is 0 Å². The van der Waals surface area contributed by atoms with Crippen molar-refractivity contribution < 1.29 is 19.1 Å². The third kappa shape index (κ3) is 5.19. The zero-order valence-electron chi connectivity index (χ0n) is 17.7. The maximum Gasteiger partial charge on any atom is 0.339 e. The van der Waals surface area contributed by atoms with Crippen molar-refractivity contribution in [1.82, 2.24) is 15.2 Å². The Labute approximate surface area is 181 Å². The number of aryl methyl sites for hydroxylation is 2. The van der Waals surface area contributed by atoms with E-state index in [1.165, 1.54) is 0 Å². The maximum absolute atomic E-state index is 12.8. The second-order valence-corrected chi connectivity index (χ2v) is 7.04. The average Bonchev–Trinajstić information content (AvgIpc) is 3.10. The predicted octanol–water partition coefficient (Wildman–Crippen LogP) is 3.84. The summed E-state index contributed by atoms with van der Waals surface area (Å²) in [6, 6.07) is 18.9. The summed E-state index contributed by atoms with van der Waals surface area (Å²) in [7, 11) is 0. The highest BCUT2D eigenvalue weighted by atomic mass is 16.5. The van der Waals surface area contributed by atoms with Gasteiger partial charge in [0.2, 0.25) is 6.10 Å². The fourth-order valence-corrected chi connectivity index (χ4v) is 3.28. The largest absolute Gasteiger partial charge is 0.444 e. The highest BCUT2D eigenvalue weighted by Gasteiger charge is 2.27. The van der Waals surface area contributed by atoms with Crippen molar-refractivity contribution in [3.8, 4) is 5.69 Å². The third-order valence-corrected chi connectivity index (χ3v) is 4.77. The van der Waals surface area contributed by atoms with Gasteiger partial charge in [0.15, 0.2) is 0 Å². The van der Waals surface area contributed by atoms with Gasteiger partial charge >= 0.3 is 12.0 Å². The van der Waals surface area contributed by atoms with Gasteiger partial charge in [-0.2, -0.15) is 0 Å². The van der Waals surface area contributed by atoms with Crippen molar-refractivity contribution in [3.05, 3.63) is 89.2 Å². The monoisotopic (exact) mass is 419 g/mol. The van der Waals surface area contributed by atoms with Gasteiger partial charge in [-0.3, -0.25) is 10.1 Å². The number of esters is 1. The number of urea groups is 1. The van der Waals surface area contributed by atoms with Crippen molar-refractivity contribution in [2.24, 2.45) is 0 Å². The highest BCUT2D eigenvalue weighted by Crippen LogP contribution is 2.21. The first-order valence-corrected chi connectivity index (χ1v) is 10.0. The Morgan fingerprint density at radius 3 is 2.10 bits per heavy atom. The number of hydrogen-bond acceptors (Lipinski definition) is 4. The number of nitrogens with zero attached hydrogens (tertiary/aromatic N) is 1. The third-order valence-electron chi connectivity index (χ3n) is 4.77. The number of amides is 3. The van der Waals surface area contributed by atoms with Crippen LogP contribution in [-0.2, 0) is 9.53 Å². The van der Waals surface area contributed by atoms with Crippen LogP contribution < -0.4 is 10.6 Å². The normalized spacial score (nSPS) is 11.5. The number of carbonyl (C=O) groups is 3. The number of hydrogen-bond donors (Lipinski definition) is 2. The molecule has 0 aliphatic heterocycles. The summed E-state index contributed by atoms with van der Waals surface area (Å²) in [5, 5.41) is 4.69. The molecule has 160 valence electrons. The molecular weight excluding hydrogens is 394 g/mol. The highest BCUT2D eigenvalue weighted by molar-refractivity contribution is 5.99. The molecule has 2 N–H and O–H groups in total. The minimum absolute atomic E-state index is 0.304. The summed E-state index contributed by atoms with van der Waals surface area (Å²) >= 11 is 0. The Hall–Kier alpha value is -3.87. The van der Waals surface area contributed by atoms with Crippen molar-refractivity contribution in [3.63, 3.8) is 0 Å². The van der Waals surface area contributed by atoms with Crippen molar-refractivity contribution in [2.75, 3.05) is 6.54 Å². The van der Waals surface area contributed by atoms with Crippen LogP contribution in [-0.4, -0.2) is 29.0 Å². The Morgan fingerprint density at radius 2 is 1.52 bits per heavy atom. The molecule has 31 heavy (non-hydrogen) atoms. The molecule has 3 rings (SSSR count). The number of carbonyl (C=O) groups excluding carboxylic acids is 3.